The number of nitrogens with zero attached hydrogens (tertiary/aromatic N) is 1. The molecule has 2 nitrogen and oxygen atoms in total. The number of halogens is 1. The predicted molar refractivity (Wildman–Crippen MR) is 94.7 cm³/mol. The molecule has 0 atom stereocenters. The molecule has 2 aromatic rings. The first-order valence-electron chi connectivity index (χ1n) is 8.19. The fourth-order valence-electron chi connectivity index (χ4n) is 2.51. The fraction of sp³-hybridized carbons (Fsp3) is 0.400. The predicted octanol–water partition coefficient (Wildman–Crippen LogP) is 4.26. The lowest BCUT2D eigenvalue weighted by molar-refractivity contribution is 0.266. The van der Waals surface area contributed by atoms with Crippen LogP contribution in [0.25, 0.3) is 0 Å². The van der Waals surface area contributed by atoms with E-state index in [9.17, 15) is 4.39 Å². The Kier molecular flexibility index (Phi) is 6.31. The first kappa shape index (κ1) is 17.6. The van der Waals surface area contributed by atoms with E-state index in [4.69, 9.17) is 0 Å². The fourth-order valence-corrected chi connectivity index (χ4v) is 2.51. The molecule has 0 spiro atoms. The molecule has 0 aliphatic carbocycles. The summed E-state index contributed by atoms with van der Waals surface area (Å²) in [7, 11) is 2.15. The molecule has 1 N–H and O–H groups in total. The third-order valence-electron chi connectivity index (χ3n) is 4.25. The molecule has 2 aromatic carbocycles. The highest BCUT2D eigenvalue weighted by Gasteiger charge is 2.05. The lowest BCUT2D eigenvalue weighted by Crippen LogP contribution is -2.25. The van der Waals surface area contributed by atoms with Crippen LogP contribution < -0.4 is 5.32 Å². The first-order chi connectivity index (χ1) is 11.0. The Morgan fingerprint density at radius 3 is 2.48 bits per heavy atom. The highest BCUT2D eigenvalue weighted by Crippen LogP contribution is 2.12. The molecule has 0 radical (unpaired) electrons. The molecule has 2 rings (SSSR count). The average molecular weight is 314 g/mol. The molecule has 0 saturated carbocycles. The van der Waals surface area contributed by atoms with Crippen LogP contribution in [0.5, 0.6) is 0 Å². The van der Waals surface area contributed by atoms with Gasteiger partial charge in [-0.3, -0.25) is 4.90 Å². The third kappa shape index (κ3) is 5.45. The second kappa shape index (κ2) is 8.23. The summed E-state index contributed by atoms with van der Waals surface area (Å²) in [4.78, 5) is 2.33. The maximum Gasteiger partial charge on any atom is 0.123 e. The van der Waals surface area contributed by atoms with Crippen molar-refractivity contribution in [3.05, 3.63) is 70.5 Å². The zero-order valence-corrected chi connectivity index (χ0v) is 14.6. The second-order valence-electron chi connectivity index (χ2n) is 6.50. The number of aryl methyl sites for hydroxylation is 1. The summed E-state index contributed by atoms with van der Waals surface area (Å²) in [5.41, 5.74) is 4.74. The van der Waals surface area contributed by atoms with Crippen LogP contribution >= 0.6 is 0 Å². The van der Waals surface area contributed by atoms with Gasteiger partial charge in [0.2, 0.25) is 0 Å². The van der Waals surface area contributed by atoms with E-state index in [1.165, 1.54) is 17.2 Å². The first-order valence-corrected chi connectivity index (χ1v) is 8.19. The lowest BCUT2D eigenvalue weighted by atomic mass is 10.1. The minimum Gasteiger partial charge on any atom is -0.309 e. The molecule has 0 saturated heterocycles. The second-order valence-corrected chi connectivity index (χ2v) is 6.50. The van der Waals surface area contributed by atoms with Gasteiger partial charge in [-0.05, 0) is 62.2 Å². The van der Waals surface area contributed by atoms with Gasteiger partial charge in [0, 0.05) is 25.7 Å². The number of nitrogens with one attached hydrogen (secondary N) is 1. The summed E-state index contributed by atoms with van der Waals surface area (Å²) in [6, 6.07) is 14.2. The van der Waals surface area contributed by atoms with E-state index in [1.807, 2.05) is 13.0 Å². The van der Waals surface area contributed by atoms with Gasteiger partial charge in [0.15, 0.2) is 0 Å². The third-order valence-corrected chi connectivity index (χ3v) is 4.25. The summed E-state index contributed by atoms with van der Waals surface area (Å²) in [5, 5.41) is 3.45. The number of hydrogen-bond acceptors (Lipinski definition) is 2. The van der Waals surface area contributed by atoms with E-state index < -0.39 is 0 Å². The quantitative estimate of drug-likeness (QED) is 0.821. The van der Waals surface area contributed by atoms with Gasteiger partial charge in [-0.25, -0.2) is 4.39 Å². The van der Waals surface area contributed by atoms with E-state index in [0.29, 0.717) is 6.04 Å². The van der Waals surface area contributed by atoms with Gasteiger partial charge in [0.25, 0.3) is 0 Å². The highest BCUT2D eigenvalue weighted by atomic mass is 19.1. The van der Waals surface area contributed by atoms with E-state index in [-0.39, 0.29) is 5.82 Å². The van der Waals surface area contributed by atoms with Crippen molar-refractivity contribution in [2.45, 2.75) is 46.4 Å². The number of hydrogen-bond donors (Lipinski definition) is 1. The van der Waals surface area contributed by atoms with Crippen LogP contribution in [0.4, 0.5) is 4.39 Å². The summed E-state index contributed by atoms with van der Waals surface area (Å²) in [6.07, 6.45) is 0. The molecule has 0 amide bonds. The molecule has 3 heteroatoms. The maximum atomic E-state index is 13.1. The molecule has 23 heavy (non-hydrogen) atoms. The molecule has 0 bridgehead atoms. The van der Waals surface area contributed by atoms with E-state index in [1.54, 1.807) is 6.07 Å². The van der Waals surface area contributed by atoms with Crippen LogP contribution in [0, 0.1) is 12.7 Å². The molecular weight excluding hydrogens is 287 g/mol. The van der Waals surface area contributed by atoms with Crippen LogP contribution in [0.15, 0.2) is 42.5 Å². The van der Waals surface area contributed by atoms with Crippen LogP contribution in [0.2, 0.25) is 0 Å². The Morgan fingerprint density at radius 1 is 1.04 bits per heavy atom. The molecule has 0 fully saturated rings. The minimum atomic E-state index is -0.173. The largest absolute Gasteiger partial charge is 0.309 e. The van der Waals surface area contributed by atoms with Crippen molar-refractivity contribution in [2.75, 3.05) is 7.05 Å². The summed E-state index contributed by atoms with van der Waals surface area (Å²) in [6.45, 7) is 8.89. The highest BCUT2D eigenvalue weighted by molar-refractivity contribution is 5.27. The van der Waals surface area contributed by atoms with Crippen molar-refractivity contribution in [1.29, 1.82) is 0 Å². The van der Waals surface area contributed by atoms with Crippen molar-refractivity contribution >= 4 is 0 Å². The Morgan fingerprint density at radius 2 is 1.78 bits per heavy atom. The van der Waals surface area contributed by atoms with Gasteiger partial charge in [-0.15, -0.1) is 0 Å². The Balaban J connectivity index is 1.90. The summed E-state index contributed by atoms with van der Waals surface area (Å²) >= 11 is 0. The average Bonchev–Trinajstić information content (AvgIpc) is 2.50. The summed E-state index contributed by atoms with van der Waals surface area (Å²) < 4.78 is 13.1. The minimum absolute atomic E-state index is 0.173. The standard InChI is InChI=1S/C20H27FN2/c1-15(2)23(4)14-18-7-5-6-17(11-18)12-22-13-19-8-9-20(21)10-16(19)3/h5-11,15,22H,12-14H2,1-4H3. The maximum absolute atomic E-state index is 13.1. The van der Waals surface area contributed by atoms with Crippen LogP contribution in [-0.4, -0.2) is 18.0 Å². The van der Waals surface area contributed by atoms with Gasteiger partial charge < -0.3 is 5.32 Å². The molecule has 0 aromatic heterocycles. The van der Waals surface area contributed by atoms with Crippen molar-refractivity contribution in [3.8, 4) is 0 Å². The smallest absolute Gasteiger partial charge is 0.123 e. The molecule has 0 heterocycles. The van der Waals surface area contributed by atoms with Crippen molar-refractivity contribution in [2.24, 2.45) is 0 Å². The molecule has 0 unspecified atom stereocenters. The number of rotatable bonds is 7. The van der Waals surface area contributed by atoms with Crippen molar-refractivity contribution in [1.82, 2.24) is 10.2 Å². The zero-order valence-electron chi connectivity index (χ0n) is 14.6. The van der Waals surface area contributed by atoms with Gasteiger partial charge in [0.1, 0.15) is 5.82 Å². The summed E-state index contributed by atoms with van der Waals surface area (Å²) in [5.74, 6) is -0.173. The van der Waals surface area contributed by atoms with Crippen LogP contribution in [0.1, 0.15) is 36.1 Å². The van der Waals surface area contributed by atoms with Crippen LogP contribution in [-0.2, 0) is 19.6 Å². The van der Waals surface area contributed by atoms with Gasteiger partial charge >= 0.3 is 0 Å². The van der Waals surface area contributed by atoms with E-state index >= 15 is 0 Å². The molecule has 0 aliphatic heterocycles. The van der Waals surface area contributed by atoms with Gasteiger partial charge in [0.05, 0.1) is 0 Å². The molecule has 124 valence electrons. The Labute approximate surface area is 139 Å². The van der Waals surface area contributed by atoms with Crippen LogP contribution in [0.3, 0.4) is 0 Å². The van der Waals surface area contributed by atoms with E-state index in [0.717, 1.165) is 30.8 Å². The van der Waals surface area contributed by atoms with Gasteiger partial charge in [-0.2, -0.15) is 0 Å². The normalized spacial score (nSPS) is 11.4. The monoisotopic (exact) mass is 314 g/mol. The topological polar surface area (TPSA) is 15.3 Å². The zero-order chi connectivity index (χ0) is 16.8. The van der Waals surface area contributed by atoms with E-state index in [2.05, 4.69) is 55.4 Å². The Bertz CT molecular complexity index is 637. The molecular formula is C20H27FN2. The Hall–Kier alpha value is -1.71. The van der Waals surface area contributed by atoms with Crippen molar-refractivity contribution < 1.29 is 4.39 Å². The number of benzene rings is 2. The lowest BCUT2D eigenvalue weighted by Gasteiger charge is -2.21. The van der Waals surface area contributed by atoms with Crippen molar-refractivity contribution in [3.63, 3.8) is 0 Å². The molecule has 0 aliphatic rings. The van der Waals surface area contributed by atoms with Gasteiger partial charge in [-0.1, -0.05) is 30.3 Å². The SMILES string of the molecule is Cc1cc(F)ccc1CNCc1cccc(CN(C)C(C)C)c1.